The third-order valence-corrected chi connectivity index (χ3v) is 4.03. The molecule has 2 aliphatic rings. The SMILES string of the molecule is COC(=O)C1CC(C(F)(F)F)CC2OC(C)CC21. The molecule has 0 bridgehead atoms. The van der Waals surface area contributed by atoms with Crippen LogP contribution in [-0.2, 0) is 14.3 Å². The Morgan fingerprint density at radius 3 is 2.50 bits per heavy atom. The molecule has 1 aliphatic carbocycles. The topological polar surface area (TPSA) is 35.5 Å². The fraction of sp³-hybridized carbons (Fsp3) is 0.917. The van der Waals surface area contributed by atoms with Crippen LogP contribution in [0, 0.1) is 17.8 Å². The Morgan fingerprint density at radius 1 is 1.28 bits per heavy atom. The minimum Gasteiger partial charge on any atom is -0.469 e. The third kappa shape index (κ3) is 2.48. The molecule has 0 amide bonds. The van der Waals surface area contributed by atoms with Crippen molar-refractivity contribution in [2.45, 2.75) is 44.6 Å². The first kappa shape index (κ1) is 13.6. The van der Waals surface area contributed by atoms with Gasteiger partial charge in [-0.3, -0.25) is 4.79 Å². The third-order valence-electron chi connectivity index (χ3n) is 4.03. The number of carbonyl (C=O) groups excluding carboxylic acids is 1. The predicted molar refractivity (Wildman–Crippen MR) is 56.7 cm³/mol. The molecule has 18 heavy (non-hydrogen) atoms. The Kier molecular flexibility index (Phi) is 3.58. The van der Waals surface area contributed by atoms with Crippen LogP contribution in [-0.4, -0.2) is 31.5 Å². The monoisotopic (exact) mass is 266 g/mol. The molecule has 0 radical (unpaired) electrons. The molecule has 1 saturated heterocycles. The Bertz CT molecular complexity index is 329. The number of hydrogen-bond donors (Lipinski definition) is 0. The van der Waals surface area contributed by atoms with Gasteiger partial charge in [0.25, 0.3) is 0 Å². The van der Waals surface area contributed by atoms with Crippen LogP contribution in [0.25, 0.3) is 0 Å². The standard InChI is InChI=1S/C12H17F3O3/c1-6-3-8-9(11(16)17-2)4-7(12(13,14)15)5-10(8)18-6/h6-10H,3-5H2,1-2H3. The minimum absolute atomic E-state index is 0.0357. The Hall–Kier alpha value is -0.780. The van der Waals surface area contributed by atoms with Gasteiger partial charge >= 0.3 is 12.1 Å². The van der Waals surface area contributed by atoms with Gasteiger partial charge in [-0.25, -0.2) is 0 Å². The van der Waals surface area contributed by atoms with E-state index in [1.807, 2.05) is 6.92 Å². The molecule has 2 rings (SSSR count). The highest BCUT2D eigenvalue weighted by molar-refractivity contribution is 5.73. The lowest BCUT2D eigenvalue weighted by Crippen LogP contribution is -2.42. The highest BCUT2D eigenvalue weighted by Crippen LogP contribution is 2.48. The summed E-state index contributed by atoms with van der Waals surface area (Å²) in [7, 11) is 1.22. The molecule has 0 aromatic carbocycles. The van der Waals surface area contributed by atoms with Gasteiger partial charge in [-0.05, 0) is 26.2 Å². The average Bonchev–Trinajstić information content (AvgIpc) is 2.65. The minimum atomic E-state index is -4.27. The lowest BCUT2D eigenvalue weighted by molar-refractivity contribution is -0.202. The molecule has 1 saturated carbocycles. The van der Waals surface area contributed by atoms with Crippen molar-refractivity contribution >= 4 is 5.97 Å². The van der Waals surface area contributed by atoms with E-state index in [9.17, 15) is 18.0 Å². The molecule has 1 heterocycles. The summed E-state index contributed by atoms with van der Waals surface area (Å²) in [5, 5.41) is 0. The normalized spacial score (nSPS) is 40.4. The van der Waals surface area contributed by atoms with Crippen molar-refractivity contribution in [2.75, 3.05) is 7.11 Å². The van der Waals surface area contributed by atoms with Gasteiger partial charge in [-0.1, -0.05) is 0 Å². The van der Waals surface area contributed by atoms with Crippen LogP contribution < -0.4 is 0 Å². The summed E-state index contributed by atoms with van der Waals surface area (Å²) < 4.78 is 48.6. The highest BCUT2D eigenvalue weighted by Gasteiger charge is 2.53. The largest absolute Gasteiger partial charge is 0.469 e. The van der Waals surface area contributed by atoms with Gasteiger partial charge in [-0.2, -0.15) is 13.2 Å². The molecular formula is C12H17F3O3. The van der Waals surface area contributed by atoms with Crippen LogP contribution in [0.4, 0.5) is 13.2 Å². The molecule has 104 valence electrons. The van der Waals surface area contributed by atoms with Crippen molar-refractivity contribution in [3.05, 3.63) is 0 Å². The number of fused-ring (bicyclic) bond motifs is 1. The van der Waals surface area contributed by atoms with Gasteiger partial charge in [0, 0.05) is 5.92 Å². The molecule has 2 fully saturated rings. The fourth-order valence-electron chi connectivity index (χ4n) is 3.19. The van der Waals surface area contributed by atoms with Crippen molar-refractivity contribution < 1.29 is 27.4 Å². The molecule has 0 aromatic rings. The predicted octanol–water partition coefficient (Wildman–Crippen LogP) is 2.54. The van der Waals surface area contributed by atoms with Gasteiger partial charge in [-0.15, -0.1) is 0 Å². The number of halogens is 3. The van der Waals surface area contributed by atoms with E-state index in [1.165, 1.54) is 7.11 Å². The van der Waals surface area contributed by atoms with E-state index >= 15 is 0 Å². The Balaban J connectivity index is 2.18. The first-order chi connectivity index (χ1) is 8.32. The zero-order valence-corrected chi connectivity index (χ0v) is 10.4. The summed E-state index contributed by atoms with van der Waals surface area (Å²) in [4.78, 5) is 11.6. The van der Waals surface area contributed by atoms with E-state index in [0.29, 0.717) is 6.42 Å². The highest BCUT2D eigenvalue weighted by atomic mass is 19.4. The summed E-state index contributed by atoms with van der Waals surface area (Å²) in [6.07, 6.45) is -4.40. The lowest BCUT2D eigenvalue weighted by atomic mass is 9.71. The maximum Gasteiger partial charge on any atom is 0.391 e. The van der Waals surface area contributed by atoms with Crippen molar-refractivity contribution in [3.63, 3.8) is 0 Å². The second kappa shape index (κ2) is 4.72. The number of esters is 1. The number of methoxy groups -OCH3 is 1. The van der Waals surface area contributed by atoms with Crippen molar-refractivity contribution in [1.29, 1.82) is 0 Å². The molecule has 6 heteroatoms. The molecule has 3 nitrogen and oxygen atoms in total. The number of hydrogen-bond acceptors (Lipinski definition) is 3. The van der Waals surface area contributed by atoms with Gasteiger partial charge in [0.2, 0.25) is 0 Å². The molecule has 0 aromatic heterocycles. The van der Waals surface area contributed by atoms with Crippen molar-refractivity contribution in [2.24, 2.45) is 17.8 Å². The summed E-state index contributed by atoms with van der Waals surface area (Å²) in [5.41, 5.74) is 0. The second-order valence-corrected chi connectivity index (χ2v) is 5.22. The van der Waals surface area contributed by atoms with E-state index in [0.717, 1.165) is 0 Å². The van der Waals surface area contributed by atoms with E-state index in [-0.39, 0.29) is 24.9 Å². The maximum atomic E-state index is 12.8. The van der Waals surface area contributed by atoms with Crippen LogP contribution in [0.15, 0.2) is 0 Å². The number of alkyl halides is 3. The zero-order chi connectivity index (χ0) is 13.5. The van der Waals surface area contributed by atoms with Crippen LogP contribution in [0.1, 0.15) is 26.2 Å². The van der Waals surface area contributed by atoms with E-state index in [2.05, 4.69) is 4.74 Å². The summed E-state index contributed by atoms with van der Waals surface area (Å²) in [5.74, 6) is -2.83. The number of rotatable bonds is 1. The van der Waals surface area contributed by atoms with Crippen LogP contribution in [0.2, 0.25) is 0 Å². The van der Waals surface area contributed by atoms with Crippen LogP contribution >= 0.6 is 0 Å². The second-order valence-electron chi connectivity index (χ2n) is 5.22. The number of ether oxygens (including phenoxy) is 2. The average molecular weight is 266 g/mol. The molecule has 0 spiro atoms. The number of carbonyl (C=O) groups is 1. The lowest BCUT2D eigenvalue weighted by Gasteiger charge is -2.36. The van der Waals surface area contributed by atoms with Gasteiger partial charge in [0.05, 0.1) is 31.2 Å². The fourth-order valence-corrected chi connectivity index (χ4v) is 3.19. The first-order valence-electron chi connectivity index (χ1n) is 6.13. The molecule has 0 N–H and O–H groups in total. The molecular weight excluding hydrogens is 249 g/mol. The van der Waals surface area contributed by atoms with Gasteiger partial charge < -0.3 is 9.47 Å². The van der Waals surface area contributed by atoms with E-state index in [4.69, 9.17) is 4.74 Å². The Morgan fingerprint density at radius 2 is 1.94 bits per heavy atom. The molecule has 1 aliphatic heterocycles. The zero-order valence-electron chi connectivity index (χ0n) is 10.4. The van der Waals surface area contributed by atoms with Gasteiger partial charge in [0.1, 0.15) is 0 Å². The summed E-state index contributed by atoms with van der Waals surface area (Å²) in [6.45, 7) is 1.83. The maximum absolute atomic E-state index is 12.8. The summed E-state index contributed by atoms with van der Waals surface area (Å²) >= 11 is 0. The van der Waals surface area contributed by atoms with E-state index in [1.54, 1.807) is 0 Å². The summed E-state index contributed by atoms with van der Waals surface area (Å²) in [6, 6.07) is 0. The Labute approximate surface area is 104 Å². The molecule has 5 unspecified atom stereocenters. The van der Waals surface area contributed by atoms with E-state index < -0.39 is 30.1 Å². The first-order valence-corrected chi connectivity index (χ1v) is 6.13. The van der Waals surface area contributed by atoms with Crippen molar-refractivity contribution in [1.82, 2.24) is 0 Å². The quantitative estimate of drug-likeness (QED) is 0.684. The van der Waals surface area contributed by atoms with Crippen LogP contribution in [0.5, 0.6) is 0 Å². The molecule has 5 atom stereocenters. The van der Waals surface area contributed by atoms with Crippen molar-refractivity contribution in [3.8, 4) is 0 Å². The smallest absolute Gasteiger partial charge is 0.391 e. The van der Waals surface area contributed by atoms with Gasteiger partial charge in [0.15, 0.2) is 0 Å². The van der Waals surface area contributed by atoms with Crippen LogP contribution in [0.3, 0.4) is 0 Å².